The molecule has 1 aromatic heterocycles. The number of piperidine rings is 1. The lowest BCUT2D eigenvalue weighted by Gasteiger charge is -2.31. The number of aliphatic hydroxyl groups excluding tert-OH is 1. The molecule has 106 valence electrons. The van der Waals surface area contributed by atoms with E-state index in [-0.39, 0.29) is 18.6 Å². The van der Waals surface area contributed by atoms with Crippen LogP contribution in [0, 0.1) is 0 Å². The van der Waals surface area contributed by atoms with Crippen LogP contribution in [0.1, 0.15) is 23.3 Å². The Labute approximate surface area is 111 Å². The Morgan fingerprint density at radius 2 is 2.26 bits per heavy atom. The molecule has 1 aromatic rings. The number of carbonyl (C=O) groups excluding carboxylic acids is 1. The lowest BCUT2D eigenvalue weighted by atomic mass is 10.1. The number of rotatable bonds is 4. The average Bonchev–Trinajstić information content (AvgIpc) is 2.76. The van der Waals surface area contributed by atoms with E-state index in [1.54, 1.807) is 11.9 Å². The van der Waals surface area contributed by atoms with Gasteiger partial charge in [-0.2, -0.15) is 5.10 Å². The Morgan fingerprint density at radius 3 is 2.79 bits per heavy atom. The van der Waals surface area contributed by atoms with Crippen LogP contribution in [-0.4, -0.2) is 58.1 Å². The topological polar surface area (TPSA) is 93.6 Å². The summed E-state index contributed by atoms with van der Waals surface area (Å²) in [6.07, 6.45) is 3.18. The quantitative estimate of drug-likeness (QED) is 0.776. The largest absolute Gasteiger partial charge is 0.396 e. The van der Waals surface area contributed by atoms with Crippen molar-refractivity contribution in [3.63, 3.8) is 0 Å². The van der Waals surface area contributed by atoms with E-state index < -0.39 is 0 Å². The molecule has 2 rings (SSSR count). The molecule has 19 heavy (non-hydrogen) atoms. The molecule has 0 bridgehead atoms. The highest BCUT2D eigenvalue weighted by Gasteiger charge is 2.26. The van der Waals surface area contributed by atoms with Crippen molar-refractivity contribution in [3.05, 3.63) is 11.9 Å². The fraction of sp³-hybridized carbons (Fsp3) is 0.667. The van der Waals surface area contributed by atoms with Gasteiger partial charge in [0.2, 0.25) is 0 Å². The molecule has 7 nitrogen and oxygen atoms in total. The van der Waals surface area contributed by atoms with Crippen LogP contribution in [0.5, 0.6) is 0 Å². The zero-order chi connectivity index (χ0) is 13.8. The summed E-state index contributed by atoms with van der Waals surface area (Å²) in [6, 6.07) is 0. The average molecular weight is 268 g/mol. The Morgan fingerprint density at radius 1 is 1.58 bits per heavy atom. The predicted octanol–water partition coefficient (Wildman–Crippen LogP) is -0.384. The van der Waals surface area contributed by atoms with E-state index in [2.05, 4.69) is 5.10 Å². The van der Waals surface area contributed by atoms with E-state index in [9.17, 15) is 4.79 Å². The van der Waals surface area contributed by atoms with E-state index in [1.807, 2.05) is 0 Å². The number of hydrogen-bond donors (Lipinski definition) is 2. The first-order chi connectivity index (χ1) is 9.13. The van der Waals surface area contributed by atoms with Crippen molar-refractivity contribution in [3.8, 4) is 0 Å². The molecular formula is C12H20N4O3. The fourth-order valence-electron chi connectivity index (χ4n) is 2.31. The molecule has 0 aliphatic carbocycles. The van der Waals surface area contributed by atoms with Crippen molar-refractivity contribution in [2.24, 2.45) is 7.05 Å². The van der Waals surface area contributed by atoms with Crippen LogP contribution >= 0.6 is 0 Å². The molecule has 1 amide bonds. The molecule has 0 unspecified atom stereocenters. The number of likely N-dealkylation sites (tertiary alicyclic amines) is 1. The Kier molecular flexibility index (Phi) is 4.39. The summed E-state index contributed by atoms with van der Waals surface area (Å²) in [5, 5.41) is 12.7. The van der Waals surface area contributed by atoms with E-state index >= 15 is 0 Å². The fourth-order valence-corrected chi connectivity index (χ4v) is 2.31. The summed E-state index contributed by atoms with van der Waals surface area (Å²) in [7, 11) is 1.71. The van der Waals surface area contributed by atoms with Crippen molar-refractivity contribution in [2.45, 2.75) is 18.9 Å². The van der Waals surface area contributed by atoms with Crippen LogP contribution in [0.4, 0.5) is 5.69 Å². The van der Waals surface area contributed by atoms with Gasteiger partial charge in [0, 0.05) is 20.1 Å². The minimum atomic E-state index is -0.0851. The summed E-state index contributed by atoms with van der Waals surface area (Å²) >= 11 is 0. The van der Waals surface area contributed by atoms with Crippen molar-refractivity contribution >= 4 is 11.6 Å². The van der Waals surface area contributed by atoms with Gasteiger partial charge in [-0.25, -0.2) is 0 Å². The van der Waals surface area contributed by atoms with Crippen LogP contribution in [-0.2, 0) is 11.8 Å². The van der Waals surface area contributed by atoms with Gasteiger partial charge in [0.25, 0.3) is 5.91 Å². The van der Waals surface area contributed by atoms with Gasteiger partial charge in [-0.3, -0.25) is 9.48 Å². The number of nitrogen functional groups attached to an aromatic ring is 1. The first-order valence-electron chi connectivity index (χ1n) is 6.42. The highest BCUT2D eigenvalue weighted by molar-refractivity contribution is 5.97. The van der Waals surface area contributed by atoms with Gasteiger partial charge in [0.15, 0.2) is 0 Å². The number of nitrogens with two attached hydrogens (primary N) is 1. The molecule has 0 radical (unpaired) electrons. The zero-order valence-corrected chi connectivity index (χ0v) is 11.1. The Bertz CT molecular complexity index is 419. The molecule has 0 spiro atoms. The lowest BCUT2D eigenvalue weighted by molar-refractivity contribution is -0.00571. The third-order valence-electron chi connectivity index (χ3n) is 3.34. The number of aryl methyl sites for hydroxylation is 1. The molecule has 2 heterocycles. The van der Waals surface area contributed by atoms with Crippen LogP contribution in [0.3, 0.4) is 0 Å². The summed E-state index contributed by atoms with van der Waals surface area (Å²) in [4.78, 5) is 14.1. The van der Waals surface area contributed by atoms with Crippen LogP contribution in [0.15, 0.2) is 6.20 Å². The maximum Gasteiger partial charge on any atom is 0.274 e. The van der Waals surface area contributed by atoms with Crippen molar-refractivity contribution < 1.29 is 14.6 Å². The SMILES string of the molecule is Cn1ncc(N)c1C(=O)N1CCC(OCCO)CC1. The molecule has 1 aliphatic heterocycles. The minimum absolute atomic E-state index is 0.0324. The molecule has 3 N–H and O–H groups in total. The summed E-state index contributed by atoms with van der Waals surface area (Å²) in [6.45, 7) is 1.66. The van der Waals surface area contributed by atoms with E-state index in [0.717, 1.165) is 12.8 Å². The Hall–Kier alpha value is -1.60. The van der Waals surface area contributed by atoms with E-state index in [1.165, 1.54) is 10.9 Å². The number of carbonyl (C=O) groups is 1. The number of hydrogen-bond acceptors (Lipinski definition) is 5. The minimum Gasteiger partial charge on any atom is -0.396 e. The van der Waals surface area contributed by atoms with Gasteiger partial charge in [0.05, 0.1) is 31.2 Å². The maximum absolute atomic E-state index is 12.3. The normalized spacial score (nSPS) is 16.8. The predicted molar refractivity (Wildman–Crippen MR) is 69.6 cm³/mol. The third kappa shape index (κ3) is 3.05. The summed E-state index contributed by atoms with van der Waals surface area (Å²) in [5.74, 6) is -0.0851. The second kappa shape index (κ2) is 6.03. The second-order valence-electron chi connectivity index (χ2n) is 4.66. The molecule has 0 atom stereocenters. The molecular weight excluding hydrogens is 248 g/mol. The van der Waals surface area contributed by atoms with Gasteiger partial charge in [-0.1, -0.05) is 0 Å². The summed E-state index contributed by atoms with van der Waals surface area (Å²) in [5.41, 5.74) is 6.61. The van der Waals surface area contributed by atoms with Gasteiger partial charge < -0.3 is 20.5 Å². The van der Waals surface area contributed by atoms with Crippen molar-refractivity contribution in [1.82, 2.24) is 14.7 Å². The van der Waals surface area contributed by atoms with Crippen molar-refractivity contribution in [1.29, 1.82) is 0 Å². The van der Waals surface area contributed by atoms with Crippen LogP contribution in [0.25, 0.3) is 0 Å². The monoisotopic (exact) mass is 268 g/mol. The number of aliphatic hydroxyl groups is 1. The van der Waals surface area contributed by atoms with Gasteiger partial charge in [-0.15, -0.1) is 0 Å². The number of amides is 1. The molecule has 1 saturated heterocycles. The molecule has 1 aliphatic rings. The van der Waals surface area contributed by atoms with Crippen LogP contribution in [0.2, 0.25) is 0 Å². The number of nitrogens with zero attached hydrogens (tertiary/aromatic N) is 3. The standard InChI is InChI=1S/C12H20N4O3/c1-15-11(10(13)8-14-15)12(18)16-4-2-9(3-5-16)19-7-6-17/h8-9,17H,2-7,13H2,1H3. The van der Waals surface area contributed by atoms with Gasteiger partial charge >= 0.3 is 0 Å². The number of anilines is 1. The first-order valence-corrected chi connectivity index (χ1v) is 6.42. The van der Waals surface area contributed by atoms with Crippen LogP contribution < -0.4 is 5.73 Å². The number of aromatic nitrogens is 2. The smallest absolute Gasteiger partial charge is 0.274 e. The first kappa shape index (κ1) is 13.8. The van der Waals surface area contributed by atoms with Gasteiger partial charge in [0.1, 0.15) is 5.69 Å². The highest BCUT2D eigenvalue weighted by Crippen LogP contribution is 2.18. The number of ether oxygens (including phenoxy) is 1. The molecule has 0 aromatic carbocycles. The molecule has 7 heteroatoms. The molecule has 1 fully saturated rings. The highest BCUT2D eigenvalue weighted by atomic mass is 16.5. The maximum atomic E-state index is 12.3. The van der Waals surface area contributed by atoms with E-state index in [0.29, 0.717) is 31.1 Å². The molecule has 0 saturated carbocycles. The van der Waals surface area contributed by atoms with E-state index in [4.69, 9.17) is 15.6 Å². The zero-order valence-electron chi connectivity index (χ0n) is 11.1. The lowest BCUT2D eigenvalue weighted by Crippen LogP contribution is -2.42. The Balaban J connectivity index is 1.93. The van der Waals surface area contributed by atoms with Crippen molar-refractivity contribution in [2.75, 3.05) is 32.0 Å². The van der Waals surface area contributed by atoms with Gasteiger partial charge in [-0.05, 0) is 12.8 Å². The second-order valence-corrected chi connectivity index (χ2v) is 4.66. The third-order valence-corrected chi connectivity index (χ3v) is 3.34. The summed E-state index contributed by atoms with van der Waals surface area (Å²) < 4.78 is 6.97.